The normalized spacial score (nSPS) is 17.6. The molecule has 0 spiro atoms. The number of amides is 2. The Balaban J connectivity index is 2.14. The number of nitrogens with two attached hydrogens (primary N) is 1. The van der Waals surface area contributed by atoms with Gasteiger partial charge in [-0.2, -0.15) is 0 Å². The molecule has 24 heavy (non-hydrogen) atoms. The molecule has 0 bridgehead atoms. The van der Waals surface area contributed by atoms with Gasteiger partial charge in [0.1, 0.15) is 4.90 Å². The molecule has 1 fully saturated rings. The van der Waals surface area contributed by atoms with E-state index in [0.717, 1.165) is 18.9 Å². The van der Waals surface area contributed by atoms with Crippen molar-refractivity contribution >= 4 is 33.4 Å². The van der Waals surface area contributed by atoms with Crippen LogP contribution in [-0.4, -0.2) is 46.0 Å². The van der Waals surface area contributed by atoms with Crippen LogP contribution in [0.2, 0.25) is 5.02 Å². The van der Waals surface area contributed by atoms with Crippen molar-refractivity contribution in [1.82, 2.24) is 10.0 Å². The number of primary amides is 1. The topological polar surface area (TPSA) is 128 Å². The van der Waals surface area contributed by atoms with Gasteiger partial charge in [-0.15, -0.1) is 0 Å². The van der Waals surface area contributed by atoms with Gasteiger partial charge in [-0.1, -0.05) is 11.6 Å². The third-order valence-corrected chi connectivity index (χ3v) is 5.34. The molecular weight excluding hydrogens is 358 g/mol. The van der Waals surface area contributed by atoms with E-state index in [0.29, 0.717) is 6.61 Å². The van der Waals surface area contributed by atoms with Crippen LogP contribution in [0.4, 0.5) is 0 Å². The zero-order valence-electron chi connectivity index (χ0n) is 12.7. The largest absolute Gasteiger partial charge is 0.377 e. The molecule has 4 N–H and O–H groups in total. The first-order valence-electron chi connectivity index (χ1n) is 7.27. The monoisotopic (exact) mass is 375 g/mol. The summed E-state index contributed by atoms with van der Waals surface area (Å²) in [5.41, 5.74) is 5.00. The Morgan fingerprint density at radius 2 is 2.12 bits per heavy atom. The van der Waals surface area contributed by atoms with Crippen LogP contribution in [0, 0.1) is 0 Å². The molecule has 0 aliphatic carbocycles. The summed E-state index contributed by atoms with van der Waals surface area (Å²) in [6.07, 6.45) is 1.51. The maximum Gasteiger partial charge on any atom is 0.251 e. The summed E-state index contributed by atoms with van der Waals surface area (Å²) in [5.74, 6) is -1.33. The maximum atomic E-state index is 12.4. The van der Waals surface area contributed by atoms with E-state index in [1.807, 2.05) is 0 Å². The van der Waals surface area contributed by atoms with Gasteiger partial charge >= 0.3 is 0 Å². The summed E-state index contributed by atoms with van der Waals surface area (Å²) in [7, 11) is -3.90. The van der Waals surface area contributed by atoms with Crippen molar-refractivity contribution < 1.29 is 22.7 Å². The number of carbonyl (C=O) groups excluding carboxylic acids is 2. The van der Waals surface area contributed by atoms with Gasteiger partial charge in [0, 0.05) is 18.7 Å². The lowest BCUT2D eigenvalue weighted by Gasteiger charge is -2.13. The van der Waals surface area contributed by atoms with E-state index in [1.165, 1.54) is 12.1 Å². The first-order valence-corrected chi connectivity index (χ1v) is 9.13. The second-order valence-corrected chi connectivity index (χ2v) is 7.42. The highest BCUT2D eigenvalue weighted by molar-refractivity contribution is 7.89. The highest BCUT2D eigenvalue weighted by Gasteiger charge is 2.23. The molecule has 1 aliphatic rings. The average molecular weight is 376 g/mol. The molecule has 2 amide bonds. The van der Waals surface area contributed by atoms with E-state index < -0.39 is 21.8 Å². The first-order chi connectivity index (χ1) is 11.3. The number of halogens is 1. The number of nitrogens with one attached hydrogen (secondary N) is 2. The van der Waals surface area contributed by atoms with Gasteiger partial charge in [-0.05, 0) is 31.0 Å². The average Bonchev–Trinajstić information content (AvgIpc) is 3.04. The number of hydrogen-bond acceptors (Lipinski definition) is 5. The van der Waals surface area contributed by atoms with Crippen molar-refractivity contribution in [2.45, 2.75) is 23.8 Å². The van der Waals surface area contributed by atoms with Gasteiger partial charge in [0.15, 0.2) is 0 Å². The molecule has 1 aromatic rings. The molecular formula is C14H18ClN3O5S. The van der Waals surface area contributed by atoms with Gasteiger partial charge in [-0.3, -0.25) is 9.59 Å². The third kappa shape index (κ3) is 4.91. The summed E-state index contributed by atoms with van der Waals surface area (Å²) in [6, 6.07) is 3.82. The predicted octanol–water partition coefficient (Wildman–Crippen LogP) is 0.0124. The minimum atomic E-state index is -3.90. The van der Waals surface area contributed by atoms with Crippen LogP contribution >= 0.6 is 11.6 Å². The van der Waals surface area contributed by atoms with Gasteiger partial charge < -0.3 is 15.8 Å². The molecule has 132 valence electrons. The van der Waals surface area contributed by atoms with Gasteiger partial charge in [0.25, 0.3) is 5.91 Å². The third-order valence-electron chi connectivity index (χ3n) is 3.43. The minimum Gasteiger partial charge on any atom is -0.377 e. The van der Waals surface area contributed by atoms with E-state index in [4.69, 9.17) is 22.1 Å². The van der Waals surface area contributed by atoms with Crippen molar-refractivity contribution in [3.05, 3.63) is 28.8 Å². The fourth-order valence-corrected chi connectivity index (χ4v) is 3.80. The molecule has 1 aromatic carbocycles. The van der Waals surface area contributed by atoms with Crippen LogP contribution in [0.25, 0.3) is 0 Å². The van der Waals surface area contributed by atoms with Crippen molar-refractivity contribution in [2.75, 3.05) is 19.7 Å². The smallest absolute Gasteiger partial charge is 0.251 e. The van der Waals surface area contributed by atoms with Gasteiger partial charge in [0.05, 0.1) is 17.7 Å². The Morgan fingerprint density at radius 1 is 1.38 bits per heavy atom. The quantitative estimate of drug-likeness (QED) is 0.618. The lowest BCUT2D eigenvalue weighted by molar-refractivity contribution is -0.117. The molecule has 0 unspecified atom stereocenters. The van der Waals surface area contributed by atoms with Crippen LogP contribution in [0.15, 0.2) is 23.1 Å². The van der Waals surface area contributed by atoms with Crippen molar-refractivity contribution in [2.24, 2.45) is 5.73 Å². The lowest BCUT2D eigenvalue weighted by Crippen LogP contribution is -2.34. The highest BCUT2D eigenvalue weighted by atomic mass is 35.5. The standard InChI is InChI=1S/C14H18ClN3O5S/c15-11-4-3-9(14(20)17-8-13(16)19)6-12(11)24(21,22)18-7-10-2-1-5-23-10/h3-4,6,10,18H,1-2,5,7-8H2,(H2,16,19)(H,17,20)/t10-/m1/s1. The van der Waals surface area contributed by atoms with E-state index in [2.05, 4.69) is 10.0 Å². The van der Waals surface area contributed by atoms with Crippen LogP contribution < -0.4 is 15.8 Å². The SMILES string of the molecule is NC(=O)CNC(=O)c1ccc(Cl)c(S(=O)(=O)NC[C@H]2CCCO2)c1. The van der Waals surface area contributed by atoms with Gasteiger partial charge in [0.2, 0.25) is 15.9 Å². The molecule has 0 radical (unpaired) electrons. The predicted molar refractivity (Wildman–Crippen MR) is 87.1 cm³/mol. The summed E-state index contributed by atoms with van der Waals surface area (Å²) < 4.78 is 32.6. The van der Waals surface area contributed by atoms with Crippen LogP contribution in [0.1, 0.15) is 23.2 Å². The highest BCUT2D eigenvalue weighted by Crippen LogP contribution is 2.23. The Labute approximate surface area is 144 Å². The summed E-state index contributed by atoms with van der Waals surface area (Å²) in [5, 5.41) is 2.27. The lowest BCUT2D eigenvalue weighted by atomic mass is 10.2. The van der Waals surface area contributed by atoms with Crippen molar-refractivity contribution in [3.63, 3.8) is 0 Å². The van der Waals surface area contributed by atoms with E-state index in [-0.39, 0.29) is 34.7 Å². The zero-order valence-corrected chi connectivity index (χ0v) is 14.3. The number of ether oxygens (including phenoxy) is 1. The number of carbonyl (C=O) groups is 2. The molecule has 10 heteroatoms. The van der Waals surface area contributed by atoms with Crippen LogP contribution in [-0.2, 0) is 19.6 Å². The van der Waals surface area contributed by atoms with E-state index in [1.54, 1.807) is 0 Å². The van der Waals surface area contributed by atoms with Crippen LogP contribution in [0.3, 0.4) is 0 Å². The van der Waals surface area contributed by atoms with Crippen molar-refractivity contribution in [3.8, 4) is 0 Å². The summed E-state index contributed by atoms with van der Waals surface area (Å²) in [4.78, 5) is 22.4. The molecule has 0 aromatic heterocycles. The Bertz CT molecular complexity index is 732. The Morgan fingerprint density at radius 3 is 2.75 bits per heavy atom. The number of benzene rings is 1. The van der Waals surface area contributed by atoms with E-state index >= 15 is 0 Å². The zero-order chi connectivity index (χ0) is 17.7. The maximum absolute atomic E-state index is 12.4. The fourth-order valence-electron chi connectivity index (χ4n) is 2.21. The van der Waals surface area contributed by atoms with Crippen molar-refractivity contribution in [1.29, 1.82) is 0 Å². The minimum absolute atomic E-state index is 0.0127. The number of sulfonamides is 1. The summed E-state index contributed by atoms with van der Waals surface area (Å²) in [6.45, 7) is 0.403. The Kier molecular flexibility index (Phi) is 6.16. The fraction of sp³-hybridized carbons (Fsp3) is 0.429. The molecule has 1 heterocycles. The van der Waals surface area contributed by atoms with Crippen LogP contribution in [0.5, 0.6) is 0 Å². The number of rotatable bonds is 7. The first kappa shape index (κ1) is 18.7. The van der Waals surface area contributed by atoms with Gasteiger partial charge in [-0.25, -0.2) is 13.1 Å². The summed E-state index contributed by atoms with van der Waals surface area (Å²) >= 11 is 5.95. The second-order valence-electron chi connectivity index (χ2n) is 5.28. The molecule has 0 saturated carbocycles. The number of hydrogen-bond donors (Lipinski definition) is 3. The Hall–Kier alpha value is -1.68. The molecule has 2 rings (SSSR count). The molecule has 1 atom stereocenters. The molecule has 1 saturated heterocycles. The molecule has 1 aliphatic heterocycles. The van der Waals surface area contributed by atoms with E-state index in [9.17, 15) is 18.0 Å². The second kappa shape index (κ2) is 7.93. The molecule has 8 nitrogen and oxygen atoms in total.